The molecule has 0 aliphatic heterocycles. The summed E-state index contributed by atoms with van der Waals surface area (Å²) in [7, 11) is -3.08. The first-order valence-corrected chi connectivity index (χ1v) is 27.4. The minimum Gasteiger partial charge on any atom is -0.309 e. The van der Waals surface area contributed by atoms with Crippen LogP contribution in [-0.2, 0) is 0 Å². The highest BCUT2D eigenvalue weighted by Gasteiger charge is 2.42. The lowest BCUT2D eigenvalue weighted by Crippen LogP contribution is -2.74. The molecule has 0 atom stereocenters. The second-order valence-corrected chi connectivity index (χ2v) is 23.0. The average molecular weight is 958 g/mol. The molecule has 0 saturated carbocycles. The van der Waals surface area contributed by atoms with Crippen molar-refractivity contribution in [3.8, 4) is 50.7 Å². The van der Waals surface area contributed by atoms with Crippen LogP contribution in [0, 0.1) is 0 Å². The molecular formula is C70H47N3Si. The molecule has 74 heavy (non-hydrogen) atoms. The number of nitrogens with zero attached hydrogens (tertiary/aromatic N) is 3. The zero-order valence-electron chi connectivity index (χ0n) is 40.5. The Labute approximate surface area is 431 Å². The Bertz CT molecular complexity index is 4270. The van der Waals surface area contributed by atoms with Gasteiger partial charge in [-0.2, -0.15) is 0 Å². The topological polar surface area (TPSA) is 30.7 Å². The molecule has 0 unspecified atom stereocenters. The molecule has 0 N–H and O–H groups in total. The second-order valence-electron chi connectivity index (χ2n) is 19.2. The third-order valence-electron chi connectivity index (χ3n) is 15.1. The Morgan fingerprint density at radius 2 is 0.743 bits per heavy atom. The molecule has 14 aromatic rings. The van der Waals surface area contributed by atoms with E-state index < -0.39 is 8.07 Å². The first kappa shape index (κ1) is 43.3. The Hall–Kier alpha value is -9.48. The van der Waals surface area contributed by atoms with Gasteiger partial charge >= 0.3 is 0 Å². The van der Waals surface area contributed by atoms with Crippen LogP contribution in [0.25, 0.3) is 105 Å². The maximum Gasteiger partial charge on any atom is 0.179 e. The number of hydrogen-bond donors (Lipinski definition) is 0. The van der Waals surface area contributed by atoms with E-state index in [2.05, 4.69) is 290 Å². The van der Waals surface area contributed by atoms with Crippen LogP contribution < -0.4 is 20.7 Å². The maximum atomic E-state index is 5.41. The summed E-state index contributed by atoms with van der Waals surface area (Å²) in [5, 5.41) is 15.2. The molecule has 0 fully saturated rings. The molecule has 0 aliphatic rings. The number of hydrogen-bond acceptors (Lipinski definition) is 2. The molecular weight excluding hydrogens is 911 g/mol. The fourth-order valence-corrected chi connectivity index (χ4v) is 16.6. The molecule has 2 heterocycles. The number of aromatic nitrogens is 3. The van der Waals surface area contributed by atoms with Gasteiger partial charge in [0.15, 0.2) is 13.9 Å². The SMILES string of the molecule is c1ccc(-c2ccc3c(c2)c2c(-c4nc(-c5ccccc5)cc(-c5ccccc5)n4)cccc2n3-c2cccc([Si](c3ccccc3)(c3ccccc3)c3ccc4c5ccccc5c5ccccc5c4c3)c2)cc1. The van der Waals surface area contributed by atoms with Gasteiger partial charge in [0.25, 0.3) is 0 Å². The van der Waals surface area contributed by atoms with E-state index in [1.807, 2.05) is 0 Å². The van der Waals surface area contributed by atoms with Gasteiger partial charge in [0.1, 0.15) is 0 Å². The minimum absolute atomic E-state index is 0.685. The molecule has 0 spiro atoms. The Balaban J connectivity index is 1.05. The van der Waals surface area contributed by atoms with Gasteiger partial charge in [0.05, 0.1) is 22.4 Å². The van der Waals surface area contributed by atoms with Gasteiger partial charge in [-0.1, -0.05) is 249 Å². The van der Waals surface area contributed by atoms with Crippen LogP contribution in [0.15, 0.2) is 285 Å². The highest BCUT2D eigenvalue weighted by atomic mass is 28.3. The van der Waals surface area contributed by atoms with E-state index in [0.29, 0.717) is 5.82 Å². The van der Waals surface area contributed by atoms with Crippen LogP contribution in [0.2, 0.25) is 0 Å². The van der Waals surface area contributed by atoms with Crippen molar-refractivity contribution in [2.75, 3.05) is 0 Å². The summed E-state index contributed by atoms with van der Waals surface area (Å²) in [6.45, 7) is 0. The lowest BCUT2D eigenvalue weighted by molar-refractivity contribution is 1.18. The zero-order chi connectivity index (χ0) is 49.0. The van der Waals surface area contributed by atoms with Crippen LogP contribution in [0.1, 0.15) is 0 Å². The highest BCUT2D eigenvalue weighted by molar-refractivity contribution is 7.20. The molecule has 0 saturated heterocycles. The maximum absolute atomic E-state index is 5.41. The van der Waals surface area contributed by atoms with Crippen molar-refractivity contribution in [1.82, 2.24) is 14.5 Å². The smallest absolute Gasteiger partial charge is 0.179 e. The summed E-state index contributed by atoms with van der Waals surface area (Å²) in [6.07, 6.45) is 0. The van der Waals surface area contributed by atoms with Crippen molar-refractivity contribution >= 4 is 82.9 Å². The standard InChI is InChI=1S/C70H47N3Si/c1-6-22-48(23-7-1)51-40-43-67-64(44-51)69-62(70-71-65(49-24-8-2-9-25-49)47-66(72-70)50-26-10-3-11-27-50)38-21-39-68(69)73(67)52-28-20-33-55(45-52)74(53-29-12-4-13-30-53,54-31-14-5-15-32-54)56-41-42-61-59-36-17-16-34-57(59)58-35-18-19-37-60(58)63(61)46-56/h1-47H. The van der Waals surface area contributed by atoms with Crippen LogP contribution in [0.5, 0.6) is 0 Å². The fraction of sp³-hybridized carbons (Fsp3) is 0. The molecule has 0 bridgehead atoms. The van der Waals surface area contributed by atoms with E-state index in [4.69, 9.17) is 9.97 Å². The van der Waals surface area contributed by atoms with Crippen molar-refractivity contribution in [3.05, 3.63) is 285 Å². The third-order valence-corrected chi connectivity index (χ3v) is 19.9. The summed E-state index contributed by atoms with van der Waals surface area (Å²) < 4.78 is 2.47. The number of benzene rings is 12. The molecule has 3 nitrogen and oxygen atoms in total. The third kappa shape index (κ3) is 7.10. The Morgan fingerprint density at radius 3 is 1.32 bits per heavy atom. The molecule has 14 rings (SSSR count). The molecule has 0 radical (unpaired) electrons. The van der Waals surface area contributed by atoms with E-state index in [9.17, 15) is 0 Å². The quantitative estimate of drug-likeness (QED) is 0.0820. The van der Waals surface area contributed by atoms with Gasteiger partial charge in [-0.25, -0.2) is 9.97 Å². The summed E-state index contributed by atoms with van der Waals surface area (Å²) >= 11 is 0. The highest BCUT2D eigenvalue weighted by Crippen LogP contribution is 2.41. The van der Waals surface area contributed by atoms with Crippen molar-refractivity contribution in [2.24, 2.45) is 0 Å². The van der Waals surface area contributed by atoms with Gasteiger partial charge in [-0.3, -0.25) is 0 Å². The Morgan fingerprint density at radius 1 is 0.270 bits per heavy atom. The summed E-state index contributed by atoms with van der Waals surface area (Å²) in [5.41, 5.74) is 10.5. The summed E-state index contributed by atoms with van der Waals surface area (Å²) in [6, 6.07) is 104. The second kappa shape index (κ2) is 18.0. The molecule has 12 aromatic carbocycles. The van der Waals surface area contributed by atoms with Gasteiger partial charge < -0.3 is 4.57 Å². The molecule has 346 valence electrons. The van der Waals surface area contributed by atoms with Crippen LogP contribution in [0.3, 0.4) is 0 Å². The number of fused-ring (bicyclic) bond motifs is 9. The monoisotopic (exact) mass is 957 g/mol. The van der Waals surface area contributed by atoms with E-state index in [1.54, 1.807) is 0 Å². The van der Waals surface area contributed by atoms with Crippen LogP contribution in [0.4, 0.5) is 0 Å². The van der Waals surface area contributed by atoms with Crippen LogP contribution >= 0.6 is 0 Å². The minimum atomic E-state index is -3.08. The van der Waals surface area contributed by atoms with E-state index in [1.165, 1.54) is 58.6 Å². The Kier molecular flexibility index (Phi) is 10.5. The molecule has 4 heteroatoms. The average Bonchev–Trinajstić information content (AvgIpc) is 3.83. The van der Waals surface area contributed by atoms with Gasteiger partial charge in [0.2, 0.25) is 0 Å². The van der Waals surface area contributed by atoms with Gasteiger partial charge in [0, 0.05) is 33.2 Å². The lowest BCUT2D eigenvalue weighted by Gasteiger charge is -2.35. The molecule has 2 aromatic heterocycles. The summed E-state index contributed by atoms with van der Waals surface area (Å²) in [4.78, 5) is 10.8. The van der Waals surface area contributed by atoms with Gasteiger partial charge in [-0.15, -0.1) is 0 Å². The molecule has 0 aliphatic carbocycles. The largest absolute Gasteiger partial charge is 0.309 e. The molecule has 0 amide bonds. The van der Waals surface area contributed by atoms with Crippen molar-refractivity contribution < 1.29 is 0 Å². The van der Waals surface area contributed by atoms with Crippen LogP contribution in [-0.4, -0.2) is 22.6 Å². The van der Waals surface area contributed by atoms with Gasteiger partial charge in [-0.05, 0) is 101 Å². The van der Waals surface area contributed by atoms with Crippen molar-refractivity contribution in [3.63, 3.8) is 0 Å². The first-order valence-electron chi connectivity index (χ1n) is 25.4. The summed E-state index contributed by atoms with van der Waals surface area (Å²) in [5.74, 6) is 0.685. The normalized spacial score (nSPS) is 11.8. The predicted octanol–water partition coefficient (Wildman–Crippen LogP) is 15.1. The van der Waals surface area contributed by atoms with E-state index >= 15 is 0 Å². The van der Waals surface area contributed by atoms with E-state index in [0.717, 1.165) is 61.1 Å². The van der Waals surface area contributed by atoms with E-state index in [-0.39, 0.29) is 0 Å². The number of rotatable bonds is 9. The first-order chi connectivity index (χ1) is 36.7. The van der Waals surface area contributed by atoms with Crippen molar-refractivity contribution in [2.45, 2.75) is 0 Å². The van der Waals surface area contributed by atoms with Crippen molar-refractivity contribution in [1.29, 1.82) is 0 Å². The fourth-order valence-electron chi connectivity index (χ4n) is 11.8. The lowest BCUT2D eigenvalue weighted by atomic mass is 9.94. The predicted molar refractivity (Wildman–Crippen MR) is 314 cm³/mol. The zero-order valence-corrected chi connectivity index (χ0v) is 41.5.